The van der Waals surface area contributed by atoms with Crippen molar-refractivity contribution < 1.29 is 0 Å². The molecule has 0 radical (unpaired) electrons. The van der Waals surface area contributed by atoms with Crippen molar-refractivity contribution in [3.8, 4) is 0 Å². The second-order valence-corrected chi connectivity index (χ2v) is 7.54. The Kier molecular flexibility index (Phi) is 5.12. The molecule has 2 heterocycles. The first-order valence-electron chi connectivity index (χ1n) is 7.48. The molecule has 2 aromatic rings. The molecule has 2 aromatic heterocycles. The van der Waals surface area contributed by atoms with Crippen LogP contribution in [-0.4, -0.2) is 16.5 Å². The van der Waals surface area contributed by atoms with Gasteiger partial charge in [0.25, 0.3) is 0 Å². The minimum absolute atomic E-state index is 0.128. The quantitative estimate of drug-likeness (QED) is 0.906. The molecule has 21 heavy (non-hydrogen) atoms. The number of hydrogen-bond donors (Lipinski definition) is 1. The number of thiazole rings is 1. The van der Waals surface area contributed by atoms with Crippen molar-refractivity contribution in [3.05, 3.63) is 45.7 Å². The second-order valence-electron chi connectivity index (χ2n) is 6.51. The van der Waals surface area contributed by atoms with Crippen LogP contribution >= 0.6 is 11.3 Å². The molecule has 0 bridgehead atoms. The van der Waals surface area contributed by atoms with Gasteiger partial charge in [0.15, 0.2) is 0 Å². The molecule has 4 heteroatoms. The van der Waals surface area contributed by atoms with Crippen LogP contribution in [-0.2, 0) is 11.8 Å². The molecule has 2 rings (SSSR count). The Hall–Kier alpha value is -1.26. The van der Waals surface area contributed by atoms with E-state index >= 15 is 0 Å². The fraction of sp³-hybridized carbons (Fsp3) is 0.529. The largest absolute Gasteiger partial charge is 0.309 e. The molecule has 0 amide bonds. The molecular weight excluding hydrogens is 278 g/mol. The fourth-order valence-electron chi connectivity index (χ4n) is 2.20. The summed E-state index contributed by atoms with van der Waals surface area (Å²) in [6, 6.07) is 4.45. The first-order chi connectivity index (χ1) is 9.88. The normalized spacial score (nSPS) is 13.4. The highest BCUT2D eigenvalue weighted by Gasteiger charge is 2.22. The van der Waals surface area contributed by atoms with Crippen LogP contribution in [0.5, 0.6) is 0 Å². The first kappa shape index (κ1) is 16.1. The lowest BCUT2D eigenvalue weighted by molar-refractivity contribution is 0.578. The number of aromatic nitrogens is 2. The summed E-state index contributed by atoms with van der Waals surface area (Å²) in [5.41, 5.74) is 2.56. The van der Waals surface area contributed by atoms with Crippen LogP contribution in [0.15, 0.2) is 24.5 Å². The Labute approximate surface area is 131 Å². The Bertz CT molecular complexity index is 569. The zero-order valence-electron chi connectivity index (χ0n) is 13.6. The van der Waals surface area contributed by atoms with E-state index in [9.17, 15) is 0 Å². The Balaban J connectivity index is 1.94. The summed E-state index contributed by atoms with van der Waals surface area (Å²) in [6.45, 7) is 11.9. The summed E-state index contributed by atoms with van der Waals surface area (Å²) in [5, 5.41) is 4.81. The van der Waals surface area contributed by atoms with Crippen molar-refractivity contribution in [1.82, 2.24) is 15.3 Å². The number of hydrogen-bond acceptors (Lipinski definition) is 4. The molecule has 0 spiro atoms. The SMILES string of the molecule is Cc1nc(C(C)(C)C)sc1C(C)NCCc1cccnc1. The van der Waals surface area contributed by atoms with Gasteiger partial charge in [0, 0.05) is 28.7 Å². The Morgan fingerprint density at radius 2 is 2.10 bits per heavy atom. The van der Waals surface area contributed by atoms with Gasteiger partial charge < -0.3 is 5.32 Å². The number of pyridine rings is 1. The molecule has 0 saturated carbocycles. The predicted octanol–water partition coefficient (Wildman–Crippen LogP) is 4.04. The zero-order valence-corrected chi connectivity index (χ0v) is 14.4. The Morgan fingerprint density at radius 3 is 2.67 bits per heavy atom. The van der Waals surface area contributed by atoms with Gasteiger partial charge in [0.05, 0.1) is 10.7 Å². The maximum absolute atomic E-state index is 4.74. The molecule has 3 nitrogen and oxygen atoms in total. The molecule has 0 saturated heterocycles. The van der Waals surface area contributed by atoms with E-state index in [2.05, 4.69) is 51.0 Å². The number of aryl methyl sites for hydroxylation is 1. The van der Waals surface area contributed by atoms with Crippen molar-refractivity contribution in [1.29, 1.82) is 0 Å². The first-order valence-corrected chi connectivity index (χ1v) is 8.29. The van der Waals surface area contributed by atoms with Crippen molar-refractivity contribution in [2.24, 2.45) is 0 Å². The highest BCUT2D eigenvalue weighted by molar-refractivity contribution is 7.12. The van der Waals surface area contributed by atoms with E-state index in [1.807, 2.05) is 29.8 Å². The second kappa shape index (κ2) is 6.67. The van der Waals surface area contributed by atoms with E-state index in [1.165, 1.54) is 15.4 Å². The average Bonchev–Trinajstić information content (AvgIpc) is 2.82. The monoisotopic (exact) mass is 303 g/mol. The molecule has 1 atom stereocenters. The van der Waals surface area contributed by atoms with Gasteiger partial charge in [-0.1, -0.05) is 26.8 Å². The fourth-order valence-corrected chi connectivity index (χ4v) is 3.35. The van der Waals surface area contributed by atoms with Crippen LogP contribution in [0.1, 0.15) is 54.9 Å². The van der Waals surface area contributed by atoms with Gasteiger partial charge in [-0.15, -0.1) is 11.3 Å². The van der Waals surface area contributed by atoms with E-state index in [-0.39, 0.29) is 5.41 Å². The molecule has 1 unspecified atom stereocenters. The van der Waals surface area contributed by atoms with E-state index in [0.717, 1.165) is 18.7 Å². The van der Waals surface area contributed by atoms with Crippen molar-refractivity contribution >= 4 is 11.3 Å². The predicted molar refractivity (Wildman–Crippen MR) is 89.9 cm³/mol. The molecular formula is C17H25N3S. The summed E-state index contributed by atoms with van der Waals surface area (Å²) in [4.78, 5) is 10.2. The molecule has 0 aliphatic heterocycles. The van der Waals surface area contributed by atoms with Crippen LogP contribution in [0.2, 0.25) is 0 Å². The van der Waals surface area contributed by atoms with Gasteiger partial charge in [-0.25, -0.2) is 4.98 Å². The molecule has 114 valence electrons. The minimum Gasteiger partial charge on any atom is -0.309 e. The maximum atomic E-state index is 4.74. The van der Waals surface area contributed by atoms with Crippen LogP contribution in [0.25, 0.3) is 0 Å². The van der Waals surface area contributed by atoms with E-state index in [0.29, 0.717) is 6.04 Å². The zero-order chi connectivity index (χ0) is 15.5. The van der Waals surface area contributed by atoms with E-state index < -0.39 is 0 Å². The van der Waals surface area contributed by atoms with Gasteiger partial charge in [0.2, 0.25) is 0 Å². The van der Waals surface area contributed by atoms with E-state index in [4.69, 9.17) is 4.98 Å². The topological polar surface area (TPSA) is 37.8 Å². The van der Waals surface area contributed by atoms with Gasteiger partial charge in [0.1, 0.15) is 0 Å². The third-order valence-corrected chi connectivity index (χ3v) is 5.22. The van der Waals surface area contributed by atoms with Crippen LogP contribution in [0, 0.1) is 6.92 Å². The van der Waals surface area contributed by atoms with Crippen molar-refractivity contribution in [2.75, 3.05) is 6.54 Å². The van der Waals surface area contributed by atoms with Crippen molar-refractivity contribution in [3.63, 3.8) is 0 Å². The van der Waals surface area contributed by atoms with Crippen molar-refractivity contribution in [2.45, 2.75) is 52.5 Å². The molecule has 0 aromatic carbocycles. The van der Waals surface area contributed by atoms with Crippen LogP contribution in [0.4, 0.5) is 0 Å². The molecule has 1 N–H and O–H groups in total. The molecule has 0 fully saturated rings. The lowest BCUT2D eigenvalue weighted by atomic mass is 9.98. The lowest BCUT2D eigenvalue weighted by Gasteiger charge is -2.14. The number of nitrogens with zero attached hydrogens (tertiary/aromatic N) is 2. The number of rotatable bonds is 5. The lowest BCUT2D eigenvalue weighted by Crippen LogP contribution is -2.21. The highest BCUT2D eigenvalue weighted by Crippen LogP contribution is 2.32. The third-order valence-electron chi connectivity index (χ3n) is 3.45. The summed E-state index contributed by atoms with van der Waals surface area (Å²) in [7, 11) is 0. The van der Waals surface area contributed by atoms with Gasteiger partial charge >= 0.3 is 0 Å². The maximum Gasteiger partial charge on any atom is 0.0985 e. The summed E-state index contributed by atoms with van der Waals surface area (Å²) in [5.74, 6) is 0. The summed E-state index contributed by atoms with van der Waals surface area (Å²) < 4.78 is 0. The van der Waals surface area contributed by atoms with Gasteiger partial charge in [-0.05, 0) is 38.4 Å². The Morgan fingerprint density at radius 1 is 1.33 bits per heavy atom. The average molecular weight is 303 g/mol. The van der Waals surface area contributed by atoms with Gasteiger partial charge in [-0.3, -0.25) is 4.98 Å². The van der Waals surface area contributed by atoms with Gasteiger partial charge in [-0.2, -0.15) is 0 Å². The smallest absolute Gasteiger partial charge is 0.0985 e. The standard InChI is InChI=1S/C17H25N3S/c1-12(19-10-8-14-7-6-9-18-11-14)15-13(2)20-16(21-15)17(3,4)5/h6-7,9,11-12,19H,8,10H2,1-5H3. The van der Waals surface area contributed by atoms with Crippen LogP contribution < -0.4 is 5.32 Å². The summed E-state index contributed by atoms with van der Waals surface area (Å²) in [6.07, 6.45) is 4.75. The highest BCUT2D eigenvalue weighted by atomic mass is 32.1. The number of nitrogens with one attached hydrogen (secondary N) is 1. The summed E-state index contributed by atoms with van der Waals surface area (Å²) >= 11 is 1.83. The third kappa shape index (κ3) is 4.35. The molecule has 0 aliphatic rings. The van der Waals surface area contributed by atoms with Crippen LogP contribution in [0.3, 0.4) is 0 Å². The van der Waals surface area contributed by atoms with E-state index in [1.54, 1.807) is 0 Å². The minimum atomic E-state index is 0.128. The molecule has 0 aliphatic carbocycles.